The number of aliphatic hydroxyl groups is 1. The average molecular weight is 160 g/mol. The fourth-order valence-electron chi connectivity index (χ4n) is 0.363. The molecule has 0 rings (SSSR count). The van der Waals surface area contributed by atoms with E-state index in [2.05, 4.69) is 4.74 Å². The van der Waals surface area contributed by atoms with E-state index in [1.165, 1.54) is 0 Å². The number of hydrogen-bond acceptors (Lipinski definition) is 5. The van der Waals surface area contributed by atoms with Gasteiger partial charge >= 0.3 is 11.9 Å². The second kappa shape index (κ2) is 3.82. The van der Waals surface area contributed by atoms with Gasteiger partial charge in [-0.1, -0.05) is 0 Å². The highest BCUT2D eigenvalue weighted by Crippen LogP contribution is 1.90. The predicted octanol–water partition coefficient (Wildman–Crippen LogP) is -0.974. The van der Waals surface area contributed by atoms with Crippen LogP contribution in [0.25, 0.3) is 0 Å². The molecule has 0 aromatic rings. The normalized spacial score (nSPS) is 11.9. The molecule has 0 aliphatic rings. The van der Waals surface area contributed by atoms with Gasteiger partial charge in [0.25, 0.3) is 0 Å². The lowest BCUT2D eigenvalue weighted by Gasteiger charge is -2.02. The standard InChI is InChI=1S/C6H8O5/c1-3(7)5(9)6(10)11-4(2)8/h5,9H,1-2H3. The van der Waals surface area contributed by atoms with Gasteiger partial charge in [0.1, 0.15) is 0 Å². The Labute approximate surface area is 63.0 Å². The molecule has 1 atom stereocenters. The summed E-state index contributed by atoms with van der Waals surface area (Å²) in [5.41, 5.74) is 0. The Morgan fingerprint density at radius 2 is 1.73 bits per heavy atom. The second-order valence-corrected chi connectivity index (χ2v) is 1.93. The van der Waals surface area contributed by atoms with E-state index >= 15 is 0 Å². The van der Waals surface area contributed by atoms with Crippen molar-refractivity contribution in [3.63, 3.8) is 0 Å². The molecule has 0 bridgehead atoms. The topological polar surface area (TPSA) is 80.7 Å². The van der Waals surface area contributed by atoms with E-state index in [0.29, 0.717) is 0 Å². The van der Waals surface area contributed by atoms with Gasteiger partial charge in [-0.3, -0.25) is 9.59 Å². The van der Waals surface area contributed by atoms with Crippen molar-refractivity contribution in [1.29, 1.82) is 0 Å². The fourth-order valence-corrected chi connectivity index (χ4v) is 0.363. The van der Waals surface area contributed by atoms with Crippen molar-refractivity contribution in [2.45, 2.75) is 20.0 Å². The summed E-state index contributed by atoms with van der Waals surface area (Å²) in [7, 11) is 0. The van der Waals surface area contributed by atoms with Crippen molar-refractivity contribution in [3.8, 4) is 0 Å². The van der Waals surface area contributed by atoms with Crippen LogP contribution in [0.1, 0.15) is 13.8 Å². The van der Waals surface area contributed by atoms with Crippen molar-refractivity contribution in [2.24, 2.45) is 0 Å². The van der Waals surface area contributed by atoms with Crippen LogP contribution >= 0.6 is 0 Å². The number of carbonyl (C=O) groups is 3. The van der Waals surface area contributed by atoms with E-state index in [1.54, 1.807) is 0 Å². The summed E-state index contributed by atoms with van der Waals surface area (Å²) < 4.78 is 3.92. The van der Waals surface area contributed by atoms with Gasteiger partial charge in [-0.15, -0.1) is 0 Å². The lowest BCUT2D eigenvalue weighted by Crippen LogP contribution is -2.30. The molecule has 0 spiro atoms. The zero-order chi connectivity index (χ0) is 9.02. The first-order chi connectivity index (χ1) is 4.95. The van der Waals surface area contributed by atoms with Crippen LogP contribution in [-0.2, 0) is 19.1 Å². The maximum Gasteiger partial charge on any atom is 0.350 e. The Kier molecular flexibility index (Phi) is 3.39. The summed E-state index contributed by atoms with van der Waals surface area (Å²) >= 11 is 0. The van der Waals surface area contributed by atoms with E-state index < -0.39 is 23.8 Å². The highest BCUT2D eigenvalue weighted by Gasteiger charge is 2.22. The Bertz CT molecular complexity index is 195. The van der Waals surface area contributed by atoms with Crippen LogP contribution in [0.2, 0.25) is 0 Å². The second-order valence-electron chi connectivity index (χ2n) is 1.93. The molecule has 0 fully saturated rings. The molecule has 0 aromatic carbocycles. The van der Waals surface area contributed by atoms with E-state index in [9.17, 15) is 14.4 Å². The minimum absolute atomic E-state index is 0.753. The molecule has 0 radical (unpaired) electrons. The Hall–Kier alpha value is -1.23. The van der Waals surface area contributed by atoms with Crippen LogP contribution in [0.15, 0.2) is 0 Å². The third-order valence-corrected chi connectivity index (χ3v) is 0.853. The number of hydrogen-bond donors (Lipinski definition) is 1. The van der Waals surface area contributed by atoms with E-state index in [4.69, 9.17) is 5.11 Å². The molecule has 11 heavy (non-hydrogen) atoms. The van der Waals surface area contributed by atoms with E-state index in [0.717, 1.165) is 13.8 Å². The molecule has 0 saturated carbocycles. The van der Waals surface area contributed by atoms with Crippen LogP contribution in [0.3, 0.4) is 0 Å². The van der Waals surface area contributed by atoms with Gasteiger partial charge in [0, 0.05) is 6.92 Å². The first kappa shape index (κ1) is 9.77. The number of ketones is 1. The van der Waals surface area contributed by atoms with Crippen molar-refractivity contribution in [2.75, 3.05) is 0 Å². The van der Waals surface area contributed by atoms with Gasteiger partial charge in [0.15, 0.2) is 5.78 Å². The van der Waals surface area contributed by atoms with Crippen molar-refractivity contribution < 1.29 is 24.2 Å². The third-order valence-electron chi connectivity index (χ3n) is 0.853. The number of Topliss-reactive ketones (excluding diaryl/α,β-unsaturated/α-hetero) is 1. The Morgan fingerprint density at radius 1 is 1.27 bits per heavy atom. The molecule has 62 valence electrons. The smallest absolute Gasteiger partial charge is 0.350 e. The molecule has 5 nitrogen and oxygen atoms in total. The molecule has 5 heteroatoms. The number of rotatable bonds is 2. The molecule has 0 aliphatic heterocycles. The number of ether oxygens (including phenoxy) is 1. The van der Waals surface area contributed by atoms with Crippen LogP contribution in [0.4, 0.5) is 0 Å². The van der Waals surface area contributed by atoms with E-state index in [1.807, 2.05) is 0 Å². The molecule has 0 amide bonds. The van der Waals surface area contributed by atoms with Crippen LogP contribution in [0, 0.1) is 0 Å². The summed E-state index contributed by atoms with van der Waals surface area (Å²) in [6.07, 6.45) is -1.85. The third kappa shape index (κ3) is 3.47. The summed E-state index contributed by atoms with van der Waals surface area (Å²) in [4.78, 5) is 30.9. The van der Waals surface area contributed by atoms with Crippen LogP contribution in [0.5, 0.6) is 0 Å². The Balaban J connectivity index is 4.04. The summed E-state index contributed by atoms with van der Waals surface area (Å²) in [6, 6.07) is 0. The summed E-state index contributed by atoms with van der Waals surface area (Å²) in [5, 5.41) is 8.67. The summed E-state index contributed by atoms with van der Waals surface area (Å²) in [5.74, 6) is -2.84. The monoisotopic (exact) mass is 160 g/mol. The largest absolute Gasteiger partial charge is 0.391 e. The average Bonchev–Trinajstić information content (AvgIpc) is 1.84. The first-order valence-corrected chi connectivity index (χ1v) is 2.86. The fraction of sp³-hybridized carbons (Fsp3) is 0.500. The molecule has 0 heterocycles. The van der Waals surface area contributed by atoms with Gasteiger partial charge in [-0.25, -0.2) is 4.79 Å². The van der Waals surface area contributed by atoms with Gasteiger partial charge in [0.05, 0.1) is 0 Å². The van der Waals surface area contributed by atoms with Gasteiger partial charge < -0.3 is 9.84 Å². The number of esters is 2. The van der Waals surface area contributed by atoms with Crippen LogP contribution in [-0.4, -0.2) is 28.9 Å². The molecular weight excluding hydrogens is 152 g/mol. The Morgan fingerprint density at radius 3 is 2.00 bits per heavy atom. The first-order valence-electron chi connectivity index (χ1n) is 2.86. The van der Waals surface area contributed by atoms with Gasteiger partial charge in [-0.2, -0.15) is 0 Å². The van der Waals surface area contributed by atoms with Crippen molar-refractivity contribution in [3.05, 3.63) is 0 Å². The highest BCUT2D eigenvalue weighted by atomic mass is 16.6. The van der Waals surface area contributed by atoms with Gasteiger partial charge in [-0.05, 0) is 6.92 Å². The summed E-state index contributed by atoms with van der Waals surface area (Å²) in [6.45, 7) is 2.02. The lowest BCUT2D eigenvalue weighted by atomic mass is 10.3. The molecule has 1 N–H and O–H groups in total. The molecule has 0 aromatic heterocycles. The molecular formula is C6H8O5. The zero-order valence-corrected chi connectivity index (χ0v) is 6.16. The van der Waals surface area contributed by atoms with E-state index in [-0.39, 0.29) is 0 Å². The minimum atomic E-state index is -1.85. The molecule has 0 aliphatic carbocycles. The minimum Gasteiger partial charge on any atom is -0.391 e. The number of carbonyl (C=O) groups excluding carboxylic acids is 3. The molecule has 0 saturated heterocycles. The maximum absolute atomic E-state index is 10.5. The number of aliphatic hydroxyl groups excluding tert-OH is 1. The quantitative estimate of drug-likeness (QED) is 0.415. The molecule has 1 unspecified atom stereocenters. The zero-order valence-electron chi connectivity index (χ0n) is 6.16. The maximum atomic E-state index is 10.5. The highest BCUT2D eigenvalue weighted by molar-refractivity contribution is 6.03. The lowest BCUT2D eigenvalue weighted by molar-refractivity contribution is -0.165. The van der Waals surface area contributed by atoms with Crippen molar-refractivity contribution in [1.82, 2.24) is 0 Å². The SMILES string of the molecule is CC(=O)OC(=O)C(O)C(C)=O. The van der Waals surface area contributed by atoms with Gasteiger partial charge in [0.2, 0.25) is 6.10 Å². The van der Waals surface area contributed by atoms with Crippen LogP contribution < -0.4 is 0 Å². The predicted molar refractivity (Wildman–Crippen MR) is 33.5 cm³/mol. The van der Waals surface area contributed by atoms with Crippen molar-refractivity contribution >= 4 is 17.7 Å².